The second kappa shape index (κ2) is 11.0. The lowest BCUT2D eigenvalue weighted by Crippen LogP contribution is -2.32. The van der Waals surface area contributed by atoms with Gasteiger partial charge in [-0.2, -0.15) is 5.10 Å². The van der Waals surface area contributed by atoms with Crippen LogP contribution < -0.4 is 15.5 Å². The van der Waals surface area contributed by atoms with E-state index in [-0.39, 0.29) is 22.9 Å². The van der Waals surface area contributed by atoms with Crippen LogP contribution in [0.25, 0.3) is 6.08 Å². The Morgan fingerprint density at radius 1 is 1.03 bits per heavy atom. The van der Waals surface area contributed by atoms with Crippen LogP contribution in [0.1, 0.15) is 21.5 Å². The van der Waals surface area contributed by atoms with Crippen LogP contribution in [-0.2, 0) is 4.79 Å². The molecule has 172 valence electrons. The molecule has 0 fully saturated rings. The summed E-state index contributed by atoms with van der Waals surface area (Å²) in [6.45, 7) is 0. The number of nitrogens with one attached hydrogen (secondary N) is 2. The minimum atomic E-state index is -0.752. The summed E-state index contributed by atoms with van der Waals surface area (Å²) in [4.78, 5) is 35.9. The molecule has 2 amide bonds. The number of nitro benzene ring substituents is 1. The van der Waals surface area contributed by atoms with Gasteiger partial charge < -0.3 is 15.2 Å². The van der Waals surface area contributed by atoms with E-state index in [1.54, 1.807) is 42.5 Å². The second-order valence-electron chi connectivity index (χ2n) is 6.86. The fourth-order valence-electron chi connectivity index (χ4n) is 2.84. The van der Waals surface area contributed by atoms with Crippen LogP contribution in [0.3, 0.4) is 0 Å². The number of nitro groups is 1. The quantitative estimate of drug-likeness (QED) is 0.204. The predicted octanol–water partition coefficient (Wildman–Crippen LogP) is 3.23. The van der Waals surface area contributed by atoms with E-state index in [0.717, 1.165) is 0 Å². The number of hydrazone groups is 1. The first kappa shape index (κ1) is 23.7. The highest BCUT2D eigenvalue weighted by molar-refractivity contribution is 6.05. The number of benzene rings is 3. The Labute approximate surface area is 194 Å². The van der Waals surface area contributed by atoms with E-state index >= 15 is 0 Å². The molecule has 10 nitrogen and oxygen atoms in total. The van der Waals surface area contributed by atoms with Gasteiger partial charge in [0.2, 0.25) is 0 Å². The summed E-state index contributed by atoms with van der Waals surface area (Å²) in [5, 5.41) is 27.1. The molecule has 0 aliphatic carbocycles. The first-order valence-electron chi connectivity index (χ1n) is 9.90. The zero-order chi connectivity index (χ0) is 24.5. The maximum Gasteiger partial charge on any atom is 0.287 e. The van der Waals surface area contributed by atoms with E-state index in [2.05, 4.69) is 15.8 Å². The van der Waals surface area contributed by atoms with Crippen LogP contribution in [0.4, 0.5) is 5.69 Å². The summed E-state index contributed by atoms with van der Waals surface area (Å²) in [5.41, 5.74) is 3.16. The SMILES string of the molecule is COc1cc(/C=N/NC(=O)/C(=C/c2cccc([N+](=O)[O-])c2)NC(=O)c2ccccc2)ccc1O. The van der Waals surface area contributed by atoms with E-state index < -0.39 is 16.7 Å². The van der Waals surface area contributed by atoms with Crippen LogP contribution in [0.5, 0.6) is 11.5 Å². The van der Waals surface area contributed by atoms with Crippen LogP contribution in [0, 0.1) is 10.1 Å². The standard InChI is InChI=1S/C24H20N4O6/c1-34-22-14-17(10-11-21(22)29)15-25-27-24(31)20(26-23(30)18-7-3-2-4-8-18)13-16-6-5-9-19(12-16)28(32)33/h2-15,29H,1H3,(H,26,30)(H,27,31)/b20-13-,25-15+. The van der Waals surface area contributed by atoms with Crippen molar-refractivity contribution >= 4 is 29.8 Å². The smallest absolute Gasteiger partial charge is 0.287 e. The highest BCUT2D eigenvalue weighted by Gasteiger charge is 2.15. The lowest BCUT2D eigenvalue weighted by atomic mass is 10.1. The molecule has 0 heterocycles. The number of rotatable bonds is 8. The van der Waals surface area contributed by atoms with Crippen molar-refractivity contribution < 1.29 is 24.4 Å². The summed E-state index contributed by atoms with van der Waals surface area (Å²) in [7, 11) is 1.40. The van der Waals surface area contributed by atoms with Gasteiger partial charge in [0.05, 0.1) is 18.2 Å². The van der Waals surface area contributed by atoms with E-state index in [9.17, 15) is 24.8 Å². The molecule has 3 aromatic rings. The number of methoxy groups -OCH3 is 1. The van der Waals surface area contributed by atoms with E-state index in [0.29, 0.717) is 16.7 Å². The topological polar surface area (TPSA) is 143 Å². The maximum absolute atomic E-state index is 12.8. The van der Waals surface area contributed by atoms with Gasteiger partial charge in [0.25, 0.3) is 17.5 Å². The summed E-state index contributed by atoms with van der Waals surface area (Å²) >= 11 is 0. The number of carbonyl (C=O) groups is 2. The van der Waals surface area contributed by atoms with Crippen molar-refractivity contribution in [2.45, 2.75) is 0 Å². The van der Waals surface area contributed by atoms with Gasteiger partial charge in [0.1, 0.15) is 5.70 Å². The minimum Gasteiger partial charge on any atom is -0.504 e. The minimum absolute atomic E-state index is 0.0468. The number of aromatic hydroxyl groups is 1. The van der Waals surface area contributed by atoms with Crippen molar-refractivity contribution in [1.29, 1.82) is 0 Å². The van der Waals surface area contributed by atoms with E-state index in [1.165, 1.54) is 49.7 Å². The summed E-state index contributed by atoms with van der Waals surface area (Å²) in [6, 6.07) is 18.4. The third kappa shape index (κ3) is 6.26. The van der Waals surface area contributed by atoms with Crippen molar-refractivity contribution in [2.75, 3.05) is 7.11 Å². The predicted molar refractivity (Wildman–Crippen MR) is 125 cm³/mol. The first-order valence-corrected chi connectivity index (χ1v) is 9.90. The number of non-ortho nitro benzene ring substituents is 1. The lowest BCUT2D eigenvalue weighted by molar-refractivity contribution is -0.384. The Hall–Kier alpha value is -4.99. The number of nitrogens with zero attached hydrogens (tertiary/aromatic N) is 2. The van der Waals surface area contributed by atoms with Gasteiger partial charge in [-0.15, -0.1) is 0 Å². The van der Waals surface area contributed by atoms with Crippen molar-refractivity contribution in [3.05, 3.63) is 105 Å². The summed E-state index contributed by atoms with van der Waals surface area (Å²) in [6.07, 6.45) is 2.63. The van der Waals surface area contributed by atoms with Crippen molar-refractivity contribution in [1.82, 2.24) is 10.7 Å². The second-order valence-corrected chi connectivity index (χ2v) is 6.86. The Morgan fingerprint density at radius 2 is 1.79 bits per heavy atom. The molecule has 3 N–H and O–H groups in total. The van der Waals surface area contributed by atoms with Crippen molar-refractivity contribution in [3.63, 3.8) is 0 Å². The summed E-state index contributed by atoms with van der Waals surface area (Å²) in [5.74, 6) is -1.11. The first-order chi connectivity index (χ1) is 16.4. The molecule has 0 bridgehead atoms. The zero-order valence-electron chi connectivity index (χ0n) is 18.0. The van der Waals surface area contributed by atoms with Gasteiger partial charge in [-0.05, 0) is 47.5 Å². The number of phenolic OH excluding ortho intramolecular Hbond substituents is 1. The molecule has 34 heavy (non-hydrogen) atoms. The number of phenols is 1. The third-order valence-corrected chi connectivity index (χ3v) is 4.50. The average Bonchev–Trinajstić information content (AvgIpc) is 2.85. The molecule has 0 aliphatic heterocycles. The molecule has 0 atom stereocenters. The molecule has 3 aromatic carbocycles. The molecule has 3 rings (SSSR count). The van der Waals surface area contributed by atoms with Gasteiger partial charge in [-0.25, -0.2) is 5.43 Å². The van der Waals surface area contributed by atoms with Gasteiger partial charge in [0, 0.05) is 17.7 Å². The molecular formula is C24H20N4O6. The molecule has 0 saturated heterocycles. The van der Waals surface area contributed by atoms with Crippen molar-refractivity contribution in [2.24, 2.45) is 5.10 Å². The molecule has 0 aliphatic rings. The van der Waals surface area contributed by atoms with E-state index in [1.807, 2.05) is 0 Å². The Bertz CT molecular complexity index is 1270. The molecule has 0 radical (unpaired) electrons. The molecule has 0 aromatic heterocycles. The Morgan fingerprint density at radius 3 is 2.50 bits per heavy atom. The number of ether oxygens (including phenoxy) is 1. The van der Waals surface area contributed by atoms with Crippen LogP contribution >= 0.6 is 0 Å². The van der Waals surface area contributed by atoms with Crippen molar-refractivity contribution in [3.8, 4) is 11.5 Å². The van der Waals surface area contributed by atoms with Gasteiger partial charge >= 0.3 is 0 Å². The van der Waals surface area contributed by atoms with Crippen LogP contribution in [0.2, 0.25) is 0 Å². The zero-order valence-corrected chi connectivity index (χ0v) is 18.0. The number of amides is 2. The Kier molecular flexibility index (Phi) is 7.69. The van der Waals surface area contributed by atoms with E-state index in [4.69, 9.17) is 4.74 Å². The highest BCUT2D eigenvalue weighted by atomic mass is 16.6. The average molecular weight is 460 g/mol. The number of carbonyl (C=O) groups excluding carboxylic acids is 2. The van der Waals surface area contributed by atoms with Gasteiger partial charge in [-0.1, -0.05) is 30.3 Å². The van der Waals surface area contributed by atoms with Gasteiger partial charge in [0.15, 0.2) is 11.5 Å². The van der Waals surface area contributed by atoms with Crippen LogP contribution in [-0.4, -0.2) is 35.2 Å². The molecule has 0 spiro atoms. The fraction of sp³-hybridized carbons (Fsp3) is 0.0417. The number of hydrogen-bond acceptors (Lipinski definition) is 7. The maximum atomic E-state index is 12.8. The highest BCUT2D eigenvalue weighted by Crippen LogP contribution is 2.25. The summed E-state index contributed by atoms with van der Waals surface area (Å²) < 4.78 is 5.03. The van der Waals surface area contributed by atoms with Gasteiger partial charge in [-0.3, -0.25) is 19.7 Å². The number of hydrogen-bond donors (Lipinski definition) is 3. The normalized spacial score (nSPS) is 11.1. The lowest BCUT2D eigenvalue weighted by Gasteiger charge is -2.09. The largest absolute Gasteiger partial charge is 0.504 e. The molecule has 10 heteroatoms. The third-order valence-electron chi connectivity index (χ3n) is 4.50. The molecule has 0 unspecified atom stereocenters. The Balaban J connectivity index is 1.85. The van der Waals surface area contributed by atoms with Crippen LogP contribution in [0.15, 0.2) is 83.6 Å². The molecular weight excluding hydrogens is 440 g/mol. The monoisotopic (exact) mass is 460 g/mol. The molecule has 0 saturated carbocycles. The fourth-order valence-corrected chi connectivity index (χ4v) is 2.84.